The van der Waals surface area contributed by atoms with Crippen molar-refractivity contribution in [1.82, 2.24) is 0 Å². The van der Waals surface area contributed by atoms with Crippen molar-refractivity contribution in [2.75, 3.05) is 0 Å². The summed E-state index contributed by atoms with van der Waals surface area (Å²) in [5.74, 6) is 5.90. The predicted octanol–water partition coefficient (Wildman–Crippen LogP) is 7.63. The van der Waals surface area contributed by atoms with Gasteiger partial charge in [0, 0.05) is 5.41 Å². The molecule has 0 bridgehead atoms. The van der Waals surface area contributed by atoms with Crippen molar-refractivity contribution in [2.24, 2.45) is 52.3 Å². The fraction of sp³-hybridized carbons (Fsp3) is 0.929. The van der Waals surface area contributed by atoms with Crippen LogP contribution in [0, 0.1) is 52.3 Å². The molecule has 9 atom stereocenters. The third-order valence-electron chi connectivity index (χ3n) is 11.1. The van der Waals surface area contributed by atoms with E-state index in [4.69, 9.17) is 0 Å². The van der Waals surface area contributed by atoms with E-state index in [1.54, 1.807) is 5.57 Å². The lowest BCUT2D eigenvalue weighted by Crippen LogP contribution is -2.54. The first kappa shape index (κ1) is 21.9. The maximum atomic E-state index is 11.1. The molecule has 0 aromatic rings. The van der Waals surface area contributed by atoms with Crippen molar-refractivity contribution in [2.45, 2.75) is 112 Å². The summed E-state index contributed by atoms with van der Waals surface area (Å²) in [7, 11) is 0. The highest BCUT2D eigenvalue weighted by molar-refractivity contribution is 5.26. The molecule has 1 nitrogen and oxygen atoms in total. The minimum atomic E-state index is -0.103. The Bertz CT molecular complexity index is 620. The molecule has 0 aromatic heterocycles. The van der Waals surface area contributed by atoms with E-state index in [0.29, 0.717) is 5.41 Å². The van der Waals surface area contributed by atoms with Crippen LogP contribution in [-0.4, -0.2) is 11.2 Å². The van der Waals surface area contributed by atoms with Gasteiger partial charge in [-0.2, -0.15) is 0 Å². The lowest BCUT2D eigenvalue weighted by molar-refractivity contribution is -0.0931. The van der Waals surface area contributed by atoms with Crippen LogP contribution in [0.1, 0.15) is 106 Å². The Morgan fingerprint density at radius 2 is 1.76 bits per heavy atom. The summed E-state index contributed by atoms with van der Waals surface area (Å²) in [4.78, 5) is 0. The van der Waals surface area contributed by atoms with Crippen molar-refractivity contribution in [3.8, 4) is 0 Å². The van der Waals surface area contributed by atoms with Gasteiger partial charge in [-0.15, -0.1) is 0 Å². The van der Waals surface area contributed by atoms with E-state index in [9.17, 15) is 5.11 Å². The Labute approximate surface area is 181 Å². The maximum Gasteiger partial charge on any atom is 0.0633 e. The second-order valence-corrected chi connectivity index (χ2v) is 12.5. The number of rotatable bonds is 5. The zero-order chi connectivity index (χ0) is 21.0. The summed E-state index contributed by atoms with van der Waals surface area (Å²) in [6.07, 6.45) is 15.7. The number of allylic oxidation sites excluding steroid dienone is 1. The molecule has 3 saturated carbocycles. The molecule has 29 heavy (non-hydrogen) atoms. The van der Waals surface area contributed by atoms with Crippen molar-refractivity contribution in [3.63, 3.8) is 0 Å². The van der Waals surface area contributed by atoms with Crippen LogP contribution in [0.4, 0.5) is 0 Å². The molecule has 0 aromatic carbocycles. The molecule has 4 aliphatic carbocycles. The fourth-order valence-electron chi connectivity index (χ4n) is 8.75. The topological polar surface area (TPSA) is 20.2 Å². The van der Waals surface area contributed by atoms with Gasteiger partial charge in [0.2, 0.25) is 0 Å². The molecule has 4 aliphatic rings. The van der Waals surface area contributed by atoms with Crippen molar-refractivity contribution < 1.29 is 5.11 Å². The van der Waals surface area contributed by atoms with Gasteiger partial charge in [-0.3, -0.25) is 0 Å². The highest BCUT2D eigenvalue weighted by atomic mass is 16.3. The van der Waals surface area contributed by atoms with E-state index in [2.05, 4.69) is 47.6 Å². The largest absolute Gasteiger partial charge is 0.392 e. The average molecular weight is 401 g/mol. The zero-order valence-electron chi connectivity index (χ0n) is 20.2. The van der Waals surface area contributed by atoms with E-state index < -0.39 is 0 Å². The number of aliphatic hydroxyl groups excluding tert-OH is 1. The second kappa shape index (κ2) is 7.99. The van der Waals surface area contributed by atoms with E-state index in [-0.39, 0.29) is 11.5 Å². The molecule has 1 heteroatoms. The van der Waals surface area contributed by atoms with Gasteiger partial charge in [-0.25, -0.2) is 0 Å². The Morgan fingerprint density at radius 1 is 1.00 bits per heavy atom. The molecule has 0 heterocycles. The van der Waals surface area contributed by atoms with Gasteiger partial charge >= 0.3 is 0 Å². The van der Waals surface area contributed by atoms with Gasteiger partial charge in [0.1, 0.15) is 0 Å². The summed E-state index contributed by atoms with van der Waals surface area (Å²) in [6.45, 7) is 14.9. The van der Waals surface area contributed by atoms with Gasteiger partial charge in [-0.1, -0.05) is 66.0 Å². The Morgan fingerprint density at radius 3 is 2.48 bits per heavy atom. The van der Waals surface area contributed by atoms with Gasteiger partial charge in [-0.05, 0) is 98.2 Å². The van der Waals surface area contributed by atoms with Crippen LogP contribution < -0.4 is 0 Å². The second-order valence-electron chi connectivity index (χ2n) is 12.5. The Hall–Kier alpha value is -0.300. The lowest BCUT2D eigenvalue weighted by atomic mass is 9.46. The van der Waals surface area contributed by atoms with Crippen LogP contribution in [0.2, 0.25) is 0 Å². The van der Waals surface area contributed by atoms with Gasteiger partial charge in [0.25, 0.3) is 0 Å². The monoisotopic (exact) mass is 400 g/mol. The van der Waals surface area contributed by atoms with Crippen LogP contribution in [0.25, 0.3) is 0 Å². The predicted molar refractivity (Wildman–Crippen MR) is 124 cm³/mol. The van der Waals surface area contributed by atoms with E-state index >= 15 is 0 Å². The zero-order valence-corrected chi connectivity index (χ0v) is 20.2. The van der Waals surface area contributed by atoms with Gasteiger partial charge in [0.15, 0.2) is 0 Å². The van der Waals surface area contributed by atoms with Gasteiger partial charge in [0.05, 0.1) is 6.10 Å². The van der Waals surface area contributed by atoms with E-state index in [0.717, 1.165) is 47.8 Å². The van der Waals surface area contributed by atoms with Gasteiger partial charge < -0.3 is 5.11 Å². The standard InChI is InChI=1S/C28H48O/c1-18(2)19(3)10-11-20(4)23-14-15-24-22-13-12-21-8-7-9-26(29)28(21,6)25(22)16-17-27(23,24)5/h12,18-20,22-26,29H,7-11,13-17H2,1-6H3/t19-,20+,22-,23+,24-,25-,26?,27+,28-/m0/s1. The van der Waals surface area contributed by atoms with Crippen LogP contribution in [-0.2, 0) is 0 Å². The summed E-state index contributed by atoms with van der Waals surface area (Å²) in [5, 5.41) is 11.1. The Kier molecular flexibility index (Phi) is 6.04. The third-order valence-corrected chi connectivity index (χ3v) is 11.1. The van der Waals surface area contributed by atoms with Crippen molar-refractivity contribution >= 4 is 0 Å². The van der Waals surface area contributed by atoms with Crippen LogP contribution in [0.5, 0.6) is 0 Å². The van der Waals surface area contributed by atoms with E-state index in [1.807, 2.05) is 0 Å². The molecular weight excluding hydrogens is 352 g/mol. The molecule has 0 amide bonds. The molecule has 1 unspecified atom stereocenters. The first-order valence-electron chi connectivity index (χ1n) is 13.1. The summed E-state index contributed by atoms with van der Waals surface area (Å²) in [5.41, 5.74) is 2.24. The molecule has 0 aliphatic heterocycles. The first-order chi connectivity index (χ1) is 13.7. The minimum Gasteiger partial charge on any atom is -0.392 e. The molecule has 3 fully saturated rings. The van der Waals surface area contributed by atoms with Crippen LogP contribution in [0.3, 0.4) is 0 Å². The molecule has 0 radical (unpaired) electrons. The number of hydrogen-bond donors (Lipinski definition) is 1. The molecule has 1 N–H and O–H groups in total. The van der Waals surface area contributed by atoms with Crippen molar-refractivity contribution in [3.05, 3.63) is 11.6 Å². The average Bonchev–Trinajstić information content (AvgIpc) is 3.04. The molecule has 0 spiro atoms. The summed E-state index contributed by atoms with van der Waals surface area (Å²) < 4.78 is 0. The van der Waals surface area contributed by atoms with E-state index in [1.165, 1.54) is 57.8 Å². The fourth-order valence-corrected chi connectivity index (χ4v) is 8.75. The highest BCUT2D eigenvalue weighted by Gasteiger charge is 2.60. The number of fused-ring (bicyclic) bond motifs is 5. The Balaban J connectivity index is 1.51. The summed E-state index contributed by atoms with van der Waals surface area (Å²) in [6, 6.07) is 0. The molecule has 0 saturated heterocycles. The third kappa shape index (κ3) is 3.46. The normalized spacial score (nSPS) is 46.5. The SMILES string of the molecule is CC(C)[C@@H](C)CC[C@@H](C)[C@H]1CC[C@H]2[C@@H]3CC=C4CCCC(O)[C@]4(C)[C@H]3CC[C@]12C. The van der Waals surface area contributed by atoms with Crippen LogP contribution in [0.15, 0.2) is 11.6 Å². The van der Waals surface area contributed by atoms with Crippen LogP contribution >= 0.6 is 0 Å². The first-order valence-corrected chi connectivity index (χ1v) is 13.1. The lowest BCUT2D eigenvalue weighted by Gasteiger charge is -2.59. The number of aliphatic hydroxyl groups is 1. The smallest absolute Gasteiger partial charge is 0.0633 e. The maximum absolute atomic E-state index is 11.1. The number of hydrogen-bond acceptors (Lipinski definition) is 1. The molecular formula is C28H48O. The quantitative estimate of drug-likeness (QED) is 0.470. The van der Waals surface area contributed by atoms with Crippen molar-refractivity contribution in [1.29, 1.82) is 0 Å². The summed E-state index contributed by atoms with van der Waals surface area (Å²) >= 11 is 0. The molecule has 166 valence electrons. The minimum absolute atomic E-state index is 0.0822. The molecule has 4 rings (SSSR count). The highest BCUT2D eigenvalue weighted by Crippen LogP contribution is 2.67.